The first kappa shape index (κ1) is 91.1. The molecule has 7 heterocycles. The fraction of sp³-hybridized carbons (Fsp3) is 0.309. The minimum Gasteiger partial charge on any atom is -0.381 e. The summed E-state index contributed by atoms with van der Waals surface area (Å²) in [6.45, 7) is 7.48. The Morgan fingerprint density at radius 2 is 0.806 bits per heavy atom. The Balaban J connectivity index is 0.000000181. The van der Waals surface area contributed by atoms with Crippen LogP contribution in [0.3, 0.4) is 0 Å². The van der Waals surface area contributed by atoms with Gasteiger partial charge in [-0.1, -0.05) is 35.1 Å². The molecule has 0 bridgehead atoms. The number of rotatable bonds is 28. The van der Waals surface area contributed by atoms with Gasteiger partial charge < -0.3 is 65.4 Å². The summed E-state index contributed by atoms with van der Waals surface area (Å²) in [6, 6.07) is 39.7. The maximum Gasteiger partial charge on any atom is 0.405 e. The highest BCUT2D eigenvalue weighted by molar-refractivity contribution is 5.94. The fourth-order valence-electron chi connectivity index (χ4n) is 13.7. The molecular formula is C94H95F4N15O11. The Hall–Kier alpha value is -13.7. The van der Waals surface area contributed by atoms with Gasteiger partial charge in [-0.25, -0.2) is 43.1 Å². The first-order chi connectivity index (χ1) is 60.2. The number of pyridine rings is 6. The highest BCUT2D eigenvalue weighted by atomic mass is 19.1. The average molecular weight is 1690 g/mol. The van der Waals surface area contributed by atoms with E-state index in [1.807, 2.05) is 74.5 Å². The van der Waals surface area contributed by atoms with Crippen LogP contribution in [0.1, 0.15) is 120 Å². The summed E-state index contributed by atoms with van der Waals surface area (Å²) in [7, 11) is 5.12. The van der Waals surface area contributed by atoms with Gasteiger partial charge >= 0.3 is 6.14 Å². The number of anilines is 9. The number of amides is 4. The van der Waals surface area contributed by atoms with Gasteiger partial charge in [0.05, 0.1) is 18.3 Å². The lowest BCUT2D eigenvalue weighted by atomic mass is 9.87. The fourth-order valence-corrected chi connectivity index (χ4v) is 13.7. The lowest BCUT2D eigenvalue weighted by Gasteiger charge is -2.26. The Morgan fingerprint density at radius 3 is 1.15 bits per heavy atom. The summed E-state index contributed by atoms with van der Waals surface area (Å²) >= 11 is 0. The van der Waals surface area contributed by atoms with Crippen LogP contribution >= 0.6 is 0 Å². The van der Waals surface area contributed by atoms with Gasteiger partial charge in [0.2, 0.25) is 23.6 Å². The van der Waals surface area contributed by atoms with Crippen LogP contribution in [0.2, 0.25) is 0 Å². The van der Waals surface area contributed by atoms with Crippen LogP contribution in [0.5, 0.6) is 0 Å². The predicted molar refractivity (Wildman–Crippen MR) is 463 cm³/mol. The molecule has 3 aromatic carbocycles. The number of nitrogens with one attached hydrogen (secondary N) is 7. The molecule has 3 fully saturated rings. The predicted octanol–water partition coefficient (Wildman–Crippen LogP) is 16.5. The van der Waals surface area contributed by atoms with Crippen LogP contribution in [0.15, 0.2) is 193 Å². The molecular weight excluding hydrogens is 1590 g/mol. The standard InChI is InChI=1S/C33H35FN4O4.C31H32FN5O3.C30H28F2N6O4/c1-22(2)17-29(39)21-42-16-4-5-28-18-25(20-32(37-28)36-27-10-8-26(34)9-11-27)24-14-15-35-31(19-24)38-33(40)23-6-12-30(41-3)13-7-23;1-3-30(38)34-16-5-4-6-26-18-23(20-29(36-26)35-25-11-9-24(32)10-12-25)22-15-17-33-28(19-22)37-31(39)21-7-13-27(40-2)14-8-21;1-40-25-10-4-19(5-11-25)29(39)36-26-16-20(12-13-33-26)21-15-24(3-2-14-41-18-28-37-30(32)42-38-28)35-27(17-21)34-23-8-6-22(31)7-9-23/h8-11,14-15,17-20,23,30H,6-7,12-13,16,21H2,1-3H3,(H,36,37)(H,35,38,40);3,9-12,15,17-21,27H,1,5,7-8,13-14,16H2,2H3,(H,34,38)(H,35,36)(H,33,37,39);6-9,12-13,15-17,19,25H,4-5,10-11,14,18H2,1H3,(H,34,35)(H,33,36,39). The minimum atomic E-state index is -1.03. The van der Waals surface area contributed by atoms with Crippen molar-refractivity contribution in [2.45, 2.75) is 122 Å². The Labute approximate surface area is 716 Å². The van der Waals surface area contributed by atoms with E-state index in [0.29, 0.717) is 82.0 Å². The zero-order chi connectivity index (χ0) is 87.5. The maximum atomic E-state index is 13.4. The molecule has 0 saturated heterocycles. The summed E-state index contributed by atoms with van der Waals surface area (Å²) < 4.78 is 84.3. The number of nitrogens with zero attached hydrogens (tertiary/aromatic N) is 8. The molecule has 30 heteroatoms. The van der Waals surface area contributed by atoms with E-state index in [4.69, 9.17) is 23.7 Å². The quantitative estimate of drug-likeness (QED) is 0.0104. The summed E-state index contributed by atoms with van der Waals surface area (Å²) in [6.07, 6.45) is 17.5. The Bertz CT molecular complexity index is 5540. The second kappa shape index (κ2) is 46.9. The normalized spacial score (nSPS) is 16.2. The van der Waals surface area contributed by atoms with Crippen LogP contribution in [-0.2, 0) is 54.3 Å². The SMILES string of the molecule is C=CC(=O)NCCC#Cc1cc(-c2ccnc(NC(=O)C3CCC(OC)CC3)c2)cc(Nc2ccc(F)cc2)n1.COC1CCC(C(=O)Nc2cc(-c3cc(C#CCOCC(=O)C=C(C)C)nc(Nc4ccc(F)cc4)c3)ccn2)CC1.COC1CCC(C(=O)Nc2cc(-c3cc(C#CCOCc4noc(F)n4)nc(Nc4ccc(F)cc4)c3)ccn2)CC1. The summed E-state index contributed by atoms with van der Waals surface area (Å²) in [5.74, 6) is 19.0. The summed E-state index contributed by atoms with van der Waals surface area (Å²) in [4.78, 5) is 92.1. The van der Waals surface area contributed by atoms with Crippen LogP contribution in [-0.4, -0.2) is 135 Å². The number of carbonyl (C=O) groups excluding carboxylic acids is 5. The number of aromatic nitrogens is 8. The van der Waals surface area contributed by atoms with Crippen molar-refractivity contribution in [2.75, 3.05) is 79.6 Å². The Morgan fingerprint density at radius 1 is 0.452 bits per heavy atom. The molecule has 10 aromatic rings. The van der Waals surface area contributed by atoms with Gasteiger partial charge in [0, 0.05) is 87.7 Å². The van der Waals surface area contributed by atoms with Crippen LogP contribution < -0.4 is 37.2 Å². The van der Waals surface area contributed by atoms with Crippen LogP contribution in [0, 0.1) is 76.9 Å². The molecule has 7 aromatic heterocycles. The third-order valence-corrected chi connectivity index (χ3v) is 20.1. The lowest BCUT2D eigenvalue weighted by Crippen LogP contribution is -2.29. The van der Waals surface area contributed by atoms with Crippen LogP contribution in [0.25, 0.3) is 33.4 Å². The van der Waals surface area contributed by atoms with E-state index in [0.717, 1.165) is 116 Å². The number of ether oxygens (including phenoxy) is 5. The maximum absolute atomic E-state index is 13.4. The molecule has 0 atom stereocenters. The van der Waals surface area contributed by atoms with Gasteiger partial charge in [-0.3, -0.25) is 24.0 Å². The van der Waals surface area contributed by atoms with E-state index in [1.54, 1.807) is 88.5 Å². The monoisotopic (exact) mass is 1690 g/mol. The van der Waals surface area contributed by atoms with Gasteiger partial charge in [-0.2, -0.15) is 4.98 Å². The third-order valence-electron chi connectivity index (χ3n) is 20.1. The molecule has 3 aliphatic carbocycles. The molecule has 0 radical (unpaired) electrons. The number of hydrogen-bond acceptors (Lipinski definition) is 22. The second-order valence-corrected chi connectivity index (χ2v) is 29.4. The largest absolute Gasteiger partial charge is 0.405 e. The molecule has 0 unspecified atom stereocenters. The van der Waals surface area contributed by atoms with Crippen molar-refractivity contribution in [1.29, 1.82) is 0 Å². The van der Waals surface area contributed by atoms with Crippen molar-refractivity contribution < 1.29 is 69.7 Å². The van der Waals surface area contributed by atoms with Crippen LogP contribution in [0.4, 0.5) is 69.5 Å². The van der Waals surface area contributed by atoms with E-state index in [1.165, 1.54) is 48.6 Å². The van der Waals surface area contributed by atoms with E-state index in [9.17, 15) is 41.5 Å². The van der Waals surface area contributed by atoms with Crippen molar-refractivity contribution in [2.24, 2.45) is 17.8 Å². The van der Waals surface area contributed by atoms with Gasteiger partial charge in [-0.15, -0.1) is 4.39 Å². The number of hydrogen-bond donors (Lipinski definition) is 7. The molecule has 3 saturated carbocycles. The highest BCUT2D eigenvalue weighted by Gasteiger charge is 2.30. The third kappa shape index (κ3) is 29.6. The van der Waals surface area contributed by atoms with Crippen molar-refractivity contribution in [3.8, 4) is 68.9 Å². The number of carbonyl (C=O) groups is 5. The van der Waals surface area contributed by atoms with E-state index >= 15 is 0 Å². The molecule has 26 nitrogen and oxygen atoms in total. The number of methoxy groups -OCH3 is 3. The zero-order valence-corrected chi connectivity index (χ0v) is 69.2. The molecule has 4 amide bonds. The number of allylic oxidation sites excluding steroid dienone is 1. The second-order valence-electron chi connectivity index (χ2n) is 29.4. The molecule has 0 aliphatic heterocycles. The average Bonchev–Trinajstić information content (AvgIpc) is 0.879. The molecule has 124 heavy (non-hydrogen) atoms. The van der Waals surface area contributed by atoms with Crippen molar-refractivity contribution in [3.63, 3.8) is 0 Å². The van der Waals surface area contributed by atoms with Crippen molar-refractivity contribution >= 4 is 81.4 Å². The van der Waals surface area contributed by atoms with Crippen molar-refractivity contribution in [3.05, 3.63) is 235 Å². The van der Waals surface area contributed by atoms with Gasteiger partial charge in [0.1, 0.15) is 95.9 Å². The lowest BCUT2D eigenvalue weighted by molar-refractivity contribution is -0.122. The molecule has 640 valence electrons. The topological polar surface area (TPSA) is 332 Å². The van der Waals surface area contributed by atoms with Gasteiger partial charge in [-0.05, 0) is 300 Å². The summed E-state index contributed by atoms with van der Waals surface area (Å²) in [5.41, 5.74) is 9.05. The first-order valence-corrected chi connectivity index (χ1v) is 40.4. The van der Waals surface area contributed by atoms with E-state index in [2.05, 4.69) is 124 Å². The highest BCUT2D eigenvalue weighted by Crippen LogP contribution is 2.34. The smallest absolute Gasteiger partial charge is 0.381 e. The zero-order valence-electron chi connectivity index (χ0n) is 69.2. The van der Waals surface area contributed by atoms with Gasteiger partial charge in [0.25, 0.3) is 0 Å². The number of halogens is 4. The summed E-state index contributed by atoms with van der Waals surface area (Å²) in [5, 5.41) is 24.5. The number of ketones is 1. The van der Waals surface area contributed by atoms with E-state index < -0.39 is 6.14 Å². The van der Waals surface area contributed by atoms with E-state index in [-0.39, 0.29) is 115 Å². The molecule has 13 rings (SSSR count). The number of benzene rings is 3. The Kier molecular flexibility index (Phi) is 34.5. The molecule has 3 aliphatic rings. The first-order valence-electron chi connectivity index (χ1n) is 40.4. The molecule has 0 spiro atoms. The minimum absolute atomic E-state index is 0.0144. The van der Waals surface area contributed by atoms with Gasteiger partial charge in [0.15, 0.2) is 11.6 Å². The van der Waals surface area contributed by atoms with Crippen molar-refractivity contribution in [1.82, 2.24) is 45.4 Å². The molecule has 7 N–H and O–H groups in total.